The average Bonchev–Trinajstić information content (AvgIpc) is 2.78. The number of rotatable bonds is 7. The van der Waals surface area contributed by atoms with Crippen LogP contribution in [0.25, 0.3) is 0 Å². The molecule has 0 amide bonds. The zero-order valence-corrected chi connectivity index (χ0v) is 19.2. The van der Waals surface area contributed by atoms with Crippen molar-refractivity contribution in [2.24, 2.45) is 10.4 Å². The van der Waals surface area contributed by atoms with Crippen LogP contribution in [0.1, 0.15) is 38.8 Å². The molecule has 2 aromatic rings. The van der Waals surface area contributed by atoms with Crippen molar-refractivity contribution in [3.05, 3.63) is 71.8 Å². The van der Waals surface area contributed by atoms with E-state index in [1.54, 1.807) is 20.8 Å². The Bertz CT molecular complexity index is 919. The second-order valence-corrected chi connectivity index (χ2v) is 8.33. The lowest BCUT2D eigenvalue weighted by molar-refractivity contribution is -0.178. The first-order chi connectivity index (χ1) is 15.0. The molecule has 0 aliphatic heterocycles. The number of aliphatic imine (C=N–C) groups is 1. The van der Waals surface area contributed by atoms with Crippen LogP contribution in [0.5, 0.6) is 0 Å². The van der Waals surface area contributed by atoms with Crippen LogP contribution >= 0.6 is 0 Å². The Hall–Kier alpha value is -3.48. The number of methoxy groups -OCH3 is 2. The fourth-order valence-corrected chi connectivity index (χ4v) is 3.14. The Morgan fingerprint density at radius 2 is 1.16 bits per heavy atom. The van der Waals surface area contributed by atoms with Gasteiger partial charge in [-0.1, -0.05) is 60.7 Å². The Balaban J connectivity index is 2.81. The second-order valence-electron chi connectivity index (χ2n) is 8.33. The molecule has 2 rings (SSSR count). The van der Waals surface area contributed by atoms with Gasteiger partial charge in [-0.3, -0.25) is 14.6 Å². The number of carbonyl (C=O) groups excluding carboxylic acids is 3. The molecular weight excluding hydrogens is 410 g/mol. The molecule has 7 nitrogen and oxygen atoms in total. The summed E-state index contributed by atoms with van der Waals surface area (Å²) in [5.41, 5.74) is -1.13. The number of hydrogen-bond acceptors (Lipinski definition) is 7. The molecule has 0 aliphatic carbocycles. The lowest BCUT2D eigenvalue weighted by Crippen LogP contribution is -2.52. The number of esters is 3. The van der Waals surface area contributed by atoms with Crippen molar-refractivity contribution in [1.82, 2.24) is 0 Å². The van der Waals surface area contributed by atoms with Crippen LogP contribution in [0.15, 0.2) is 65.7 Å². The van der Waals surface area contributed by atoms with Gasteiger partial charge in [0.15, 0.2) is 11.5 Å². The molecule has 0 bridgehead atoms. The van der Waals surface area contributed by atoms with Crippen molar-refractivity contribution in [2.45, 2.75) is 39.3 Å². The summed E-state index contributed by atoms with van der Waals surface area (Å²) in [5.74, 6) is -2.76. The molecule has 170 valence electrons. The van der Waals surface area contributed by atoms with Gasteiger partial charge in [-0.05, 0) is 27.7 Å². The van der Waals surface area contributed by atoms with Crippen LogP contribution < -0.4 is 0 Å². The molecule has 0 fully saturated rings. The minimum Gasteiger partial charge on any atom is -0.468 e. The summed E-state index contributed by atoms with van der Waals surface area (Å²) in [7, 11) is 2.27. The maximum absolute atomic E-state index is 13.3. The van der Waals surface area contributed by atoms with Gasteiger partial charge in [0, 0.05) is 11.1 Å². The van der Waals surface area contributed by atoms with Gasteiger partial charge in [0.1, 0.15) is 5.60 Å². The third-order valence-electron chi connectivity index (χ3n) is 4.75. The van der Waals surface area contributed by atoms with E-state index in [4.69, 9.17) is 14.2 Å². The van der Waals surface area contributed by atoms with Crippen LogP contribution in [0.3, 0.4) is 0 Å². The van der Waals surface area contributed by atoms with Gasteiger partial charge in [-0.15, -0.1) is 0 Å². The molecule has 32 heavy (non-hydrogen) atoms. The summed E-state index contributed by atoms with van der Waals surface area (Å²) in [6, 6.07) is 16.8. The number of nitrogens with zero attached hydrogens (tertiary/aromatic N) is 1. The van der Waals surface area contributed by atoms with Crippen molar-refractivity contribution < 1.29 is 28.6 Å². The lowest BCUT2D eigenvalue weighted by atomic mass is 9.81. The molecule has 0 heterocycles. The number of benzene rings is 2. The third-order valence-corrected chi connectivity index (χ3v) is 4.75. The summed E-state index contributed by atoms with van der Waals surface area (Å²) in [6.45, 7) is 6.34. The fourth-order valence-electron chi connectivity index (χ4n) is 3.14. The number of hydrogen-bond donors (Lipinski definition) is 0. The molecule has 0 N–H and O–H groups in total. The van der Waals surface area contributed by atoms with Crippen molar-refractivity contribution in [3.63, 3.8) is 0 Å². The van der Waals surface area contributed by atoms with E-state index in [2.05, 4.69) is 4.99 Å². The Labute approximate surface area is 188 Å². The third kappa shape index (κ3) is 5.60. The van der Waals surface area contributed by atoms with E-state index in [0.29, 0.717) is 16.8 Å². The van der Waals surface area contributed by atoms with Crippen molar-refractivity contribution in [2.75, 3.05) is 14.2 Å². The summed E-state index contributed by atoms with van der Waals surface area (Å²) in [6.07, 6.45) is 0. The lowest BCUT2D eigenvalue weighted by Gasteiger charge is -2.31. The molecule has 0 aliphatic rings. The Kier molecular flexibility index (Phi) is 7.92. The van der Waals surface area contributed by atoms with E-state index in [0.717, 1.165) is 14.2 Å². The summed E-state index contributed by atoms with van der Waals surface area (Å²) < 4.78 is 15.3. The van der Waals surface area contributed by atoms with Gasteiger partial charge in [0.05, 0.1) is 19.9 Å². The summed E-state index contributed by atoms with van der Waals surface area (Å²) in [4.78, 5) is 43.6. The first-order valence-electron chi connectivity index (χ1n) is 10.1. The highest BCUT2D eigenvalue weighted by molar-refractivity contribution is 6.14. The van der Waals surface area contributed by atoms with Crippen LogP contribution in [-0.4, -0.2) is 49.5 Å². The van der Waals surface area contributed by atoms with Crippen LogP contribution in [0.2, 0.25) is 0 Å². The molecule has 0 aromatic heterocycles. The first-order valence-corrected chi connectivity index (χ1v) is 10.1. The molecular formula is C25H29NO6. The normalized spacial score (nSPS) is 12.3. The van der Waals surface area contributed by atoms with E-state index >= 15 is 0 Å². The minimum atomic E-state index is -2.07. The van der Waals surface area contributed by atoms with E-state index in [9.17, 15) is 14.4 Å². The number of ether oxygens (including phenoxy) is 3. The van der Waals surface area contributed by atoms with E-state index in [1.807, 2.05) is 60.7 Å². The van der Waals surface area contributed by atoms with Crippen LogP contribution in [-0.2, 0) is 28.6 Å². The molecule has 1 atom stereocenters. The zero-order valence-electron chi connectivity index (χ0n) is 19.2. The van der Waals surface area contributed by atoms with Gasteiger partial charge in [0.25, 0.3) is 0 Å². The molecule has 0 saturated carbocycles. The molecule has 0 radical (unpaired) electrons. The maximum Gasteiger partial charge on any atom is 0.333 e. The van der Waals surface area contributed by atoms with Gasteiger partial charge in [-0.25, -0.2) is 4.79 Å². The fraction of sp³-hybridized carbons (Fsp3) is 0.360. The average molecular weight is 440 g/mol. The molecule has 7 heteroatoms. The van der Waals surface area contributed by atoms with Gasteiger partial charge < -0.3 is 14.2 Å². The van der Waals surface area contributed by atoms with Crippen LogP contribution in [0.4, 0.5) is 0 Å². The van der Waals surface area contributed by atoms with E-state index in [-0.39, 0.29) is 0 Å². The highest BCUT2D eigenvalue weighted by Gasteiger charge is 2.55. The predicted octanol–water partition coefficient (Wildman–Crippen LogP) is 3.59. The molecule has 0 saturated heterocycles. The molecule has 0 spiro atoms. The second kappa shape index (κ2) is 10.2. The highest BCUT2D eigenvalue weighted by atomic mass is 16.6. The maximum atomic E-state index is 13.3. The summed E-state index contributed by atoms with van der Waals surface area (Å²) in [5, 5.41) is 0. The largest absolute Gasteiger partial charge is 0.468 e. The topological polar surface area (TPSA) is 91.3 Å². The molecule has 2 aromatic carbocycles. The quantitative estimate of drug-likeness (QED) is 0.283. The van der Waals surface area contributed by atoms with Crippen LogP contribution in [0, 0.1) is 5.41 Å². The highest BCUT2D eigenvalue weighted by Crippen LogP contribution is 2.31. The minimum absolute atomic E-state index is 0.418. The predicted molar refractivity (Wildman–Crippen MR) is 120 cm³/mol. The summed E-state index contributed by atoms with van der Waals surface area (Å²) >= 11 is 0. The van der Waals surface area contributed by atoms with Crippen molar-refractivity contribution in [3.8, 4) is 0 Å². The van der Waals surface area contributed by atoms with E-state index < -0.39 is 35.0 Å². The number of carbonyl (C=O) groups is 3. The van der Waals surface area contributed by atoms with E-state index in [1.165, 1.54) is 6.92 Å². The molecule has 0 unspecified atom stereocenters. The SMILES string of the molecule is COC(=O)C(C)(C(=O)OC)[C@H](N=C(c1ccccc1)c1ccccc1)C(=O)OC(C)(C)C. The Morgan fingerprint density at radius 3 is 1.50 bits per heavy atom. The van der Waals surface area contributed by atoms with Crippen molar-refractivity contribution >= 4 is 23.6 Å². The van der Waals surface area contributed by atoms with Crippen molar-refractivity contribution in [1.29, 1.82) is 0 Å². The first kappa shape index (κ1) is 24.8. The van der Waals surface area contributed by atoms with Gasteiger partial charge in [-0.2, -0.15) is 0 Å². The standard InChI is InChI=1S/C25H29NO6/c1-24(2,3)32-21(27)20(25(4,22(28)30-5)23(29)31-6)26-19(17-13-9-7-10-14-17)18-15-11-8-12-16-18/h7-16,20H,1-6H3/t20-/m1/s1. The monoisotopic (exact) mass is 439 g/mol. The zero-order chi connectivity index (χ0) is 23.9. The van der Waals surface area contributed by atoms with Gasteiger partial charge >= 0.3 is 17.9 Å². The smallest absolute Gasteiger partial charge is 0.333 e. The Morgan fingerprint density at radius 1 is 0.750 bits per heavy atom. The van der Waals surface area contributed by atoms with Gasteiger partial charge in [0.2, 0.25) is 0 Å².